The summed E-state index contributed by atoms with van der Waals surface area (Å²) in [5, 5.41) is 3.25. The lowest BCUT2D eigenvalue weighted by Gasteiger charge is -2.38. The first kappa shape index (κ1) is 17.6. The van der Waals surface area contributed by atoms with E-state index in [4.69, 9.17) is 0 Å². The lowest BCUT2D eigenvalue weighted by atomic mass is 9.89. The predicted octanol–water partition coefficient (Wildman–Crippen LogP) is 3.66. The van der Waals surface area contributed by atoms with Gasteiger partial charge in [0.15, 0.2) is 11.6 Å². The summed E-state index contributed by atoms with van der Waals surface area (Å²) >= 11 is 0. The number of halogens is 4. The standard InChI is InChI=1S/C16H21F3N2.ClH/c17-12-5-6-13(18)15(19)14(12)16(11-3-1-2-4-11)21-9-7-20-8-10-21;/h5-6,11,16,20H,1-4,7-10H2;1H/t16-;/m0./s1. The number of rotatable bonds is 3. The summed E-state index contributed by atoms with van der Waals surface area (Å²) in [6.45, 7) is 3.11. The Kier molecular flexibility index (Phi) is 6.12. The number of hydrogen-bond donors (Lipinski definition) is 1. The van der Waals surface area contributed by atoms with Gasteiger partial charge in [-0.05, 0) is 30.9 Å². The molecule has 6 heteroatoms. The zero-order valence-corrected chi connectivity index (χ0v) is 13.3. The molecule has 2 aliphatic rings. The lowest BCUT2D eigenvalue weighted by Crippen LogP contribution is -2.47. The Hall–Kier alpha value is -0.780. The Balaban J connectivity index is 0.00000176. The van der Waals surface area contributed by atoms with Crippen LogP contribution in [0.15, 0.2) is 12.1 Å². The molecule has 0 amide bonds. The van der Waals surface area contributed by atoms with Gasteiger partial charge in [-0.3, -0.25) is 4.90 Å². The minimum Gasteiger partial charge on any atom is -0.314 e. The van der Waals surface area contributed by atoms with Crippen LogP contribution in [0, 0.1) is 23.4 Å². The summed E-state index contributed by atoms with van der Waals surface area (Å²) in [5.74, 6) is -2.37. The van der Waals surface area contributed by atoms with Crippen LogP contribution in [-0.4, -0.2) is 31.1 Å². The molecule has 22 heavy (non-hydrogen) atoms. The van der Waals surface area contributed by atoms with Crippen LogP contribution >= 0.6 is 12.4 Å². The average molecular weight is 335 g/mol. The van der Waals surface area contributed by atoms with Gasteiger partial charge in [0.2, 0.25) is 0 Å². The highest BCUT2D eigenvalue weighted by atomic mass is 35.5. The molecule has 1 aliphatic heterocycles. The highest BCUT2D eigenvalue weighted by molar-refractivity contribution is 5.85. The molecule has 0 spiro atoms. The maximum atomic E-state index is 14.3. The summed E-state index contributed by atoms with van der Waals surface area (Å²) < 4.78 is 42.1. The summed E-state index contributed by atoms with van der Waals surface area (Å²) in [6, 6.07) is 1.58. The molecule has 1 N–H and O–H groups in total. The van der Waals surface area contributed by atoms with Crippen LogP contribution in [0.25, 0.3) is 0 Å². The Morgan fingerprint density at radius 2 is 1.59 bits per heavy atom. The summed E-state index contributed by atoms with van der Waals surface area (Å²) in [4.78, 5) is 2.12. The van der Waals surface area contributed by atoms with E-state index in [1.807, 2.05) is 0 Å². The van der Waals surface area contributed by atoms with Crippen molar-refractivity contribution in [2.24, 2.45) is 5.92 Å². The first-order valence-electron chi connectivity index (χ1n) is 7.76. The van der Waals surface area contributed by atoms with Gasteiger partial charge in [0.1, 0.15) is 5.82 Å². The van der Waals surface area contributed by atoms with Crippen LogP contribution in [0.3, 0.4) is 0 Å². The van der Waals surface area contributed by atoms with E-state index < -0.39 is 17.5 Å². The zero-order valence-electron chi connectivity index (χ0n) is 12.5. The van der Waals surface area contributed by atoms with Gasteiger partial charge in [0.05, 0.1) is 0 Å². The monoisotopic (exact) mass is 334 g/mol. The Morgan fingerprint density at radius 1 is 1.00 bits per heavy atom. The normalized spacial score (nSPS) is 21.6. The van der Waals surface area contributed by atoms with Gasteiger partial charge >= 0.3 is 0 Å². The lowest BCUT2D eigenvalue weighted by molar-refractivity contribution is 0.118. The van der Waals surface area contributed by atoms with E-state index in [1.54, 1.807) is 0 Å². The Bertz CT molecular complexity index is 500. The molecule has 0 bridgehead atoms. The van der Waals surface area contributed by atoms with Crippen molar-refractivity contribution in [1.29, 1.82) is 0 Å². The third-order valence-corrected chi connectivity index (χ3v) is 4.77. The van der Waals surface area contributed by atoms with Gasteiger partial charge in [0, 0.05) is 37.8 Å². The summed E-state index contributed by atoms with van der Waals surface area (Å²) in [7, 11) is 0. The number of benzene rings is 1. The van der Waals surface area contributed by atoms with Crippen molar-refractivity contribution >= 4 is 12.4 Å². The van der Waals surface area contributed by atoms with Crippen LogP contribution < -0.4 is 5.32 Å². The smallest absolute Gasteiger partial charge is 0.166 e. The predicted molar refractivity (Wildman–Crippen MR) is 82.7 cm³/mol. The minimum absolute atomic E-state index is 0. The van der Waals surface area contributed by atoms with E-state index in [0.717, 1.165) is 64.0 Å². The molecule has 1 aromatic carbocycles. The molecule has 1 aliphatic carbocycles. The number of nitrogens with one attached hydrogen (secondary N) is 1. The van der Waals surface area contributed by atoms with Crippen LogP contribution in [0.1, 0.15) is 37.3 Å². The van der Waals surface area contributed by atoms with Crippen LogP contribution in [0.5, 0.6) is 0 Å². The van der Waals surface area contributed by atoms with Gasteiger partial charge in [-0.15, -0.1) is 12.4 Å². The molecule has 3 rings (SSSR count). The molecular formula is C16H22ClF3N2. The molecule has 0 unspecified atom stereocenters. The minimum atomic E-state index is -1.01. The molecule has 0 aromatic heterocycles. The van der Waals surface area contributed by atoms with E-state index >= 15 is 0 Å². The van der Waals surface area contributed by atoms with E-state index in [2.05, 4.69) is 10.2 Å². The third kappa shape index (κ3) is 3.42. The largest absolute Gasteiger partial charge is 0.314 e. The highest BCUT2D eigenvalue weighted by Crippen LogP contribution is 2.41. The molecular weight excluding hydrogens is 313 g/mol. The van der Waals surface area contributed by atoms with E-state index in [-0.39, 0.29) is 29.9 Å². The van der Waals surface area contributed by atoms with Gasteiger partial charge in [-0.2, -0.15) is 0 Å². The van der Waals surface area contributed by atoms with E-state index in [9.17, 15) is 13.2 Å². The summed E-state index contributed by atoms with van der Waals surface area (Å²) in [6.07, 6.45) is 4.10. The Labute approximate surface area is 135 Å². The Morgan fingerprint density at radius 3 is 2.23 bits per heavy atom. The second kappa shape index (κ2) is 7.66. The van der Waals surface area contributed by atoms with Gasteiger partial charge in [-0.25, -0.2) is 13.2 Å². The fourth-order valence-corrected chi connectivity index (χ4v) is 3.76. The van der Waals surface area contributed by atoms with Crippen LogP contribution in [-0.2, 0) is 0 Å². The van der Waals surface area contributed by atoms with Crippen molar-refractivity contribution < 1.29 is 13.2 Å². The SMILES string of the molecule is Cl.Fc1ccc(F)c([C@H](C2CCCC2)N2CCNCC2)c1F. The maximum absolute atomic E-state index is 14.3. The van der Waals surface area contributed by atoms with E-state index in [1.165, 1.54) is 0 Å². The van der Waals surface area contributed by atoms with Crippen LogP contribution in [0.2, 0.25) is 0 Å². The molecule has 1 saturated carbocycles. The van der Waals surface area contributed by atoms with Crippen molar-refractivity contribution in [1.82, 2.24) is 10.2 Å². The van der Waals surface area contributed by atoms with Crippen LogP contribution in [0.4, 0.5) is 13.2 Å². The molecule has 1 saturated heterocycles. The van der Waals surface area contributed by atoms with Crippen molar-refractivity contribution in [2.75, 3.05) is 26.2 Å². The quantitative estimate of drug-likeness (QED) is 0.849. The molecule has 1 aromatic rings. The van der Waals surface area contributed by atoms with Crippen molar-refractivity contribution in [3.63, 3.8) is 0 Å². The number of hydrogen-bond acceptors (Lipinski definition) is 2. The first-order valence-corrected chi connectivity index (χ1v) is 7.76. The van der Waals surface area contributed by atoms with Gasteiger partial charge < -0.3 is 5.32 Å². The van der Waals surface area contributed by atoms with Gasteiger partial charge in [-0.1, -0.05) is 12.8 Å². The molecule has 2 fully saturated rings. The maximum Gasteiger partial charge on any atom is 0.166 e. The molecule has 2 nitrogen and oxygen atoms in total. The van der Waals surface area contributed by atoms with Gasteiger partial charge in [0.25, 0.3) is 0 Å². The average Bonchev–Trinajstić information content (AvgIpc) is 3.02. The van der Waals surface area contributed by atoms with E-state index in [0.29, 0.717) is 0 Å². The molecule has 1 heterocycles. The highest BCUT2D eigenvalue weighted by Gasteiger charge is 2.36. The zero-order chi connectivity index (χ0) is 14.8. The second-order valence-electron chi connectivity index (χ2n) is 6.03. The van der Waals surface area contributed by atoms with Crippen molar-refractivity contribution in [3.05, 3.63) is 35.1 Å². The topological polar surface area (TPSA) is 15.3 Å². The number of piperazine rings is 1. The molecule has 1 atom stereocenters. The fourth-order valence-electron chi connectivity index (χ4n) is 3.76. The van der Waals surface area contributed by atoms with Crippen molar-refractivity contribution in [3.8, 4) is 0 Å². The summed E-state index contributed by atoms with van der Waals surface area (Å²) in [5.41, 5.74) is -0.0659. The molecule has 124 valence electrons. The third-order valence-electron chi connectivity index (χ3n) is 4.77. The number of nitrogens with zero attached hydrogens (tertiary/aromatic N) is 1. The van der Waals surface area contributed by atoms with Crippen molar-refractivity contribution in [2.45, 2.75) is 31.7 Å². The molecule has 0 radical (unpaired) electrons. The fraction of sp³-hybridized carbons (Fsp3) is 0.625. The first-order chi connectivity index (χ1) is 10.2. The second-order valence-corrected chi connectivity index (χ2v) is 6.03.